The highest BCUT2D eigenvalue weighted by atomic mass is 16.3. The number of fused-ring (bicyclic) bond motifs is 1. The second-order valence-corrected chi connectivity index (χ2v) is 13.2. The smallest absolute Gasteiger partial charge is 0.0824 e. The van der Waals surface area contributed by atoms with Gasteiger partial charge in [-0.05, 0) is 81.2 Å². The van der Waals surface area contributed by atoms with E-state index < -0.39 is 0 Å². The van der Waals surface area contributed by atoms with Crippen LogP contribution in [-0.2, 0) is 17.3 Å². The molecule has 2 aromatic rings. The molecule has 2 aliphatic rings. The molecular formula is C31H44O. The average Bonchev–Trinajstić information content (AvgIpc) is 3.02. The van der Waals surface area contributed by atoms with Crippen molar-refractivity contribution in [3.05, 3.63) is 58.7 Å². The maximum atomic E-state index is 11.3. The Morgan fingerprint density at radius 3 is 2.03 bits per heavy atom. The first kappa shape index (κ1) is 23.6. The molecule has 32 heavy (non-hydrogen) atoms. The summed E-state index contributed by atoms with van der Waals surface area (Å²) < 4.78 is 0. The lowest BCUT2D eigenvalue weighted by molar-refractivity contribution is 0.0714. The zero-order valence-electron chi connectivity index (χ0n) is 21.5. The second kappa shape index (κ2) is 8.32. The Hall–Kier alpha value is -1.60. The number of rotatable bonds is 3. The van der Waals surface area contributed by atoms with E-state index in [4.69, 9.17) is 0 Å². The molecule has 0 aromatic heterocycles. The molecule has 2 atom stereocenters. The molecular weight excluding hydrogens is 388 g/mol. The van der Waals surface area contributed by atoms with Crippen LogP contribution in [-0.4, -0.2) is 5.11 Å². The van der Waals surface area contributed by atoms with Gasteiger partial charge in [-0.25, -0.2) is 0 Å². The van der Waals surface area contributed by atoms with Crippen LogP contribution in [0.4, 0.5) is 0 Å². The molecule has 1 saturated carbocycles. The zero-order valence-corrected chi connectivity index (χ0v) is 21.5. The van der Waals surface area contributed by atoms with E-state index in [0.29, 0.717) is 11.3 Å². The van der Waals surface area contributed by atoms with Crippen LogP contribution in [0.1, 0.15) is 115 Å². The van der Waals surface area contributed by atoms with Crippen molar-refractivity contribution in [2.75, 3.05) is 0 Å². The lowest BCUT2D eigenvalue weighted by atomic mass is 9.69. The largest absolute Gasteiger partial charge is 0.388 e. The van der Waals surface area contributed by atoms with Crippen molar-refractivity contribution in [1.82, 2.24) is 0 Å². The van der Waals surface area contributed by atoms with Gasteiger partial charge in [-0.15, -0.1) is 0 Å². The highest BCUT2D eigenvalue weighted by Gasteiger charge is 2.38. The van der Waals surface area contributed by atoms with E-state index in [9.17, 15) is 5.11 Å². The second-order valence-electron chi connectivity index (χ2n) is 13.2. The van der Waals surface area contributed by atoms with E-state index in [1.165, 1.54) is 65.5 Å². The van der Waals surface area contributed by atoms with Gasteiger partial charge in [0.1, 0.15) is 0 Å². The first-order valence-corrected chi connectivity index (χ1v) is 12.8. The summed E-state index contributed by atoms with van der Waals surface area (Å²) in [6.45, 7) is 16.3. The molecule has 2 aromatic carbocycles. The summed E-state index contributed by atoms with van der Waals surface area (Å²) in [4.78, 5) is 0. The normalized spacial score (nSPS) is 23.2. The third kappa shape index (κ3) is 4.69. The standard InChI is InChI=1S/C31H44O/c1-29(2,3)23-16-21(17-24(19-23)30(4,5)6)25-12-11-13-26-27(25)18-22(28(26)32)20-31(7)14-9-8-10-15-31/h11-13,16-17,19,22,28,32H,8-10,14-15,18,20H2,1-7H3. The van der Waals surface area contributed by atoms with E-state index in [-0.39, 0.29) is 16.9 Å². The Morgan fingerprint density at radius 2 is 1.47 bits per heavy atom. The number of hydrogen-bond acceptors (Lipinski definition) is 1. The molecule has 0 heterocycles. The summed E-state index contributed by atoms with van der Waals surface area (Å²) in [6.07, 6.45) is 8.57. The van der Waals surface area contributed by atoms with Crippen molar-refractivity contribution in [1.29, 1.82) is 0 Å². The minimum Gasteiger partial charge on any atom is -0.388 e. The summed E-state index contributed by atoms with van der Waals surface area (Å²) in [5, 5.41) is 11.3. The Labute approximate surface area is 196 Å². The summed E-state index contributed by atoms with van der Waals surface area (Å²) in [6, 6.07) is 13.8. The lowest BCUT2D eigenvalue weighted by Gasteiger charge is -2.36. The van der Waals surface area contributed by atoms with Crippen molar-refractivity contribution >= 4 is 0 Å². The number of hydrogen-bond donors (Lipinski definition) is 1. The van der Waals surface area contributed by atoms with Crippen LogP contribution in [0.5, 0.6) is 0 Å². The highest BCUT2D eigenvalue weighted by molar-refractivity contribution is 5.72. The van der Waals surface area contributed by atoms with Gasteiger partial charge in [0.05, 0.1) is 6.10 Å². The van der Waals surface area contributed by atoms with Gasteiger partial charge in [0, 0.05) is 0 Å². The molecule has 174 valence electrons. The SMILES string of the molecule is CC1(CC2Cc3c(-c4cc(C(C)(C)C)cc(C(C)(C)C)c4)cccc3C2O)CCCCC1. The van der Waals surface area contributed by atoms with Crippen molar-refractivity contribution < 1.29 is 5.11 Å². The van der Waals surface area contributed by atoms with Crippen LogP contribution in [0.15, 0.2) is 36.4 Å². The lowest BCUT2D eigenvalue weighted by Crippen LogP contribution is -2.25. The molecule has 1 fully saturated rings. The molecule has 1 nitrogen and oxygen atoms in total. The summed E-state index contributed by atoms with van der Waals surface area (Å²) in [7, 11) is 0. The molecule has 0 bridgehead atoms. The van der Waals surface area contributed by atoms with Crippen LogP contribution in [0.2, 0.25) is 0 Å². The summed E-state index contributed by atoms with van der Waals surface area (Å²) in [5.41, 5.74) is 8.59. The Balaban J connectivity index is 1.73. The van der Waals surface area contributed by atoms with Gasteiger partial charge >= 0.3 is 0 Å². The fraction of sp³-hybridized carbons (Fsp3) is 0.613. The van der Waals surface area contributed by atoms with Gasteiger partial charge in [-0.3, -0.25) is 0 Å². The van der Waals surface area contributed by atoms with E-state index >= 15 is 0 Å². The minimum atomic E-state index is -0.323. The van der Waals surface area contributed by atoms with Crippen LogP contribution >= 0.6 is 0 Å². The van der Waals surface area contributed by atoms with E-state index in [1.54, 1.807) is 0 Å². The molecule has 0 spiro atoms. The maximum absolute atomic E-state index is 11.3. The minimum absolute atomic E-state index is 0.103. The summed E-state index contributed by atoms with van der Waals surface area (Å²) >= 11 is 0. The monoisotopic (exact) mass is 432 g/mol. The molecule has 0 amide bonds. The van der Waals surface area contributed by atoms with Crippen molar-refractivity contribution in [3.63, 3.8) is 0 Å². The number of aliphatic hydroxyl groups is 1. The number of benzene rings is 2. The number of aliphatic hydroxyl groups excluding tert-OH is 1. The van der Waals surface area contributed by atoms with Crippen molar-refractivity contribution in [2.45, 2.75) is 110 Å². The topological polar surface area (TPSA) is 20.2 Å². The molecule has 0 radical (unpaired) electrons. The molecule has 2 unspecified atom stereocenters. The van der Waals surface area contributed by atoms with Gasteiger partial charge in [-0.2, -0.15) is 0 Å². The van der Waals surface area contributed by atoms with Crippen LogP contribution in [0, 0.1) is 11.3 Å². The molecule has 0 aliphatic heterocycles. The van der Waals surface area contributed by atoms with Gasteiger partial charge in [-0.1, -0.05) is 104 Å². The summed E-state index contributed by atoms with van der Waals surface area (Å²) in [5.74, 6) is 0.349. The molecule has 0 saturated heterocycles. The Bertz CT molecular complexity index is 931. The zero-order chi connectivity index (χ0) is 23.3. The Morgan fingerprint density at radius 1 is 0.875 bits per heavy atom. The van der Waals surface area contributed by atoms with Crippen LogP contribution in [0.25, 0.3) is 11.1 Å². The highest BCUT2D eigenvalue weighted by Crippen LogP contribution is 2.49. The quantitative estimate of drug-likeness (QED) is 0.515. The maximum Gasteiger partial charge on any atom is 0.0824 e. The molecule has 1 heteroatoms. The van der Waals surface area contributed by atoms with Gasteiger partial charge in [0.2, 0.25) is 0 Å². The molecule has 4 rings (SSSR count). The van der Waals surface area contributed by atoms with Gasteiger partial charge in [0.15, 0.2) is 0 Å². The van der Waals surface area contributed by atoms with Gasteiger partial charge in [0.25, 0.3) is 0 Å². The third-order valence-corrected chi connectivity index (χ3v) is 8.24. The van der Waals surface area contributed by atoms with E-state index in [2.05, 4.69) is 84.9 Å². The van der Waals surface area contributed by atoms with Crippen molar-refractivity contribution in [3.8, 4) is 11.1 Å². The third-order valence-electron chi connectivity index (χ3n) is 8.24. The predicted molar refractivity (Wildman–Crippen MR) is 137 cm³/mol. The first-order chi connectivity index (χ1) is 14.9. The molecule has 1 N–H and O–H groups in total. The first-order valence-electron chi connectivity index (χ1n) is 12.8. The fourth-order valence-corrected chi connectivity index (χ4v) is 6.08. The van der Waals surface area contributed by atoms with Crippen LogP contribution < -0.4 is 0 Å². The van der Waals surface area contributed by atoms with E-state index in [0.717, 1.165) is 12.8 Å². The van der Waals surface area contributed by atoms with Gasteiger partial charge < -0.3 is 5.11 Å². The van der Waals surface area contributed by atoms with Crippen molar-refractivity contribution in [2.24, 2.45) is 11.3 Å². The van der Waals surface area contributed by atoms with Crippen LogP contribution in [0.3, 0.4) is 0 Å². The predicted octanol–water partition coefficient (Wildman–Crippen LogP) is 8.51. The average molecular weight is 433 g/mol. The van der Waals surface area contributed by atoms with E-state index in [1.807, 2.05) is 0 Å². The Kier molecular flexibility index (Phi) is 6.12. The molecule has 2 aliphatic carbocycles. The fourth-order valence-electron chi connectivity index (χ4n) is 6.08.